The summed E-state index contributed by atoms with van der Waals surface area (Å²) in [6.07, 6.45) is -2.52. The molecule has 262 valence electrons. The fourth-order valence-electron chi connectivity index (χ4n) is 3.50. The van der Waals surface area contributed by atoms with E-state index in [-0.39, 0.29) is 49.4 Å². The maximum Gasteiger partial charge on any atom is 0.297 e. The minimum atomic E-state index is -4.10. The van der Waals surface area contributed by atoms with Crippen molar-refractivity contribution in [3.63, 3.8) is 0 Å². The van der Waals surface area contributed by atoms with Crippen LogP contribution < -0.4 is 0 Å². The fraction of sp³-hybridized carbons (Fsp3) is 0.600. The molecule has 0 spiro atoms. The molecule has 16 heteroatoms. The van der Waals surface area contributed by atoms with E-state index < -0.39 is 45.8 Å². The molecule has 2 rings (SSSR count). The predicted molar refractivity (Wildman–Crippen MR) is 163 cm³/mol. The summed E-state index contributed by atoms with van der Waals surface area (Å²) >= 11 is 0. The normalized spacial score (nSPS) is 13.6. The van der Waals surface area contributed by atoms with Crippen molar-refractivity contribution in [2.45, 2.75) is 35.8 Å². The number of hydrogen-bond donors (Lipinski definition) is 0. The van der Waals surface area contributed by atoms with Crippen molar-refractivity contribution in [1.82, 2.24) is 0 Å². The number of ether oxygens (including phenoxy) is 6. The second kappa shape index (κ2) is 22.4. The van der Waals surface area contributed by atoms with Gasteiger partial charge in [0.05, 0.1) is 89.1 Å². The number of benzene rings is 2. The van der Waals surface area contributed by atoms with Crippen molar-refractivity contribution < 1.29 is 62.4 Å². The van der Waals surface area contributed by atoms with Crippen LogP contribution in [0.1, 0.15) is 11.1 Å². The number of hydrogen-bond acceptors (Lipinski definition) is 12. The third-order valence-corrected chi connectivity index (χ3v) is 8.71. The van der Waals surface area contributed by atoms with Gasteiger partial charge in [-0.3, -0.25) is 8.37 Å². The molecule has 2 aromatic rings. The highest BCUT2D eigenvalue weighted by molar-refractivity contribution is 7.87. The van der Waals surface area contributed by atoms with Crippen molar-refractivity contribution in [3.8, 4) is 0 Å². The van der Waals surface area contributed by atoms with Gasteiger partial charge in [-0.15, -0.1) is 0 Å². The molecular weight excluding hydrogens is 654 g/mol. The summed E-state index contributed by atoms with van der Waals surface area (Å²) in [5, 5.41) is 0. The minimum absolute atomic E-state index is 0.0506. The van der Waals surface area contributed by atoms with Crippen LogP contribution in [0.5, 0.6) is 0 Å². The van der Waals surface area contributed by atoms with E-state index in [4.69, 9.17) is 36.8 Å². The molecule has 0 aliphatic heterocycles. The first-order chi connectivity index (χ1) is 22.1. The van der Waals surface area contributed by atoms with Crippen molar-refractivity contribution in [1.29, 1.82) is 0 Å². The monoisotopic (exact) mass is 698 g/mol. The first kappa shape index (κ1) is 40.1. The molecule has 0 bridgehead atoms. The van der Waals surface area contributed by atoms with Gasteiger partial charge in [0.25, 0.3) is 20.2 Å². The first-order valence-corrected chi connectivity index (χ1v) is 17.5. The van der Waals surface area contributed by atoms with Crippen LogP contribution in [0.4, 0.5) is 8.78 Å². The molecular formula is C30H44F2O12S2. The zero-order valence-electron chi connectivity index (χ0n) is 26.1. The van der Waals surface area contributed by atoms with Gasteiger partial charge in [-0.25, -0.2) is 8.78 Å². The third kappa shape index (κ3) is 16.6. The van der Waals surface area contributed by atoms with Crippen LogP contribution in [-0.2, 0) is 57.0 Å². The molecule has 0 aliphatic carbocycles. The van der Waals surface area contributed by atoms with E-state index in [9.17, 15) is 25.6 Å². The van der Waals surface area contributed by atoms with Gasteiger partial charge in [0, 0.05) is 0 Å². The number of aryl methyl sites for hydroxylation is 2. The molecule has 2 aromatic carbocycles. The smallest absolute Gasteiger partial charge is 0.297 e. The Hall–Kier alpha value is -2.12. The lowest BCUT2D eigenvalue weighted by Gasteiger charge is -2.15. The van der Waals surface area contributed by atoms with Gasteiger partial charge in [0.2, 0.25) is 0 Å². The fourth-order valence-corrected chi connectivity index (χ4v) is 5.59. The maximum absolute atomic E-state index is 13.2. The van der Waals surface area contributed by atoms with Crippen LogP contribution in [0.15, 0.2) is 58.3 Å². The third-order valence-electron chi connectivity index (χ3n) is 5.96. The van der Waals surface area contributed by atoms with Crippen LogP contribution in [0.2, 0.25) is 0 Å². The zero-order chi connectivity index (χ0) is 33.7. The van der Waals surface area contributed by atoms with Crippen LogP contribution in [0, 0.1) is 13.8 Å². The Morgan fingerprint density at radius 3 is 1.00 bits per heavy atom. The second-order valence-corrected chi connectivity index (χ2v) is 13.0. The van der Waals surface area contributed by atoms with Crippen molar-refractivity contribution in [2.75, 3.05) is 92.6 Å². The average molecular weight is 699 g/mol. The van der Waals surface area contributed by atoms with E-state index in [0.717, 1.165) is 11.1 Å². The van der Waals surface area contributed by atoms with Crippen LogP contribution in [0.3, 0.4) is 0 Å². The Bertz CT molecular complexity index is 1190. The molecule has 0 N–H and O–H groups in total. The summed E-state index contributed by atoms with van der Waals surface area (Å²) in [6.45, 7) is 3.67. The topological polar surface area (TPSA) is 142 Å². The van der Waals surface area contributed by atoms with E-state index >= 15 is 0 Å². The lowest BCUT2D eigenvalue weighted by molar-refractivity contribution is -0.0261. The molecule has 0 heterocycles. The van der Waals surface area contributed by atoms with E-state index in [2.05, 4.69) is 0 Å². The molecule has 0 aliphatic rings. The van der Waals surface area contributed by atoms with E-state index in [1.165, 1.54) is 24.3 Å². The van der Waals surface area contributed by atoms with E-state index in [1.54, 1.807) is 24.3 Å². The Labute approximate surface area is 270 Å². The van der Waals surface area contributed by atoms with Crippen LogP contribution in [0.25, 0.3) is 0 Å². The summed E-state index contributed by atoms with van der Waals surface area (Å²) in [4.78, 5) is -0.101. The summed E-state index contributed by atoms with van der Waals surface area (Å²) in [7, 11) is -8.19. The standard InChI is InChI=1S/C30H44F2O12S2/c1-25-3-7-29(8-4-25)45(33,34)43-27(21-31)23-41-19-17-39-15-13-37-11-12-38-14-16-40-18-20-42-24-28(22-32)44-46(35,36)30-9-5-26(2)6-10-30/h3-10,27-28H,11-24H2,1-2H3. The van der Waals surface area contributed by atoms with Gasteiger partial charge in [-0.2, -0.15) is 16.8 Å². The van der Waals surface area contributed by atoms with Crippen LogP contribution in [-0.4, -0.2) is 122 Å². The van der Waals surface area contributed by atoms with Crippen molar-refractivity contribution in [3.05, 3.63) is 59.7 Å². The molecule has 0 radical (unpaired) electrons. The quantitative estimate of drug-likeness (QED) is 0.0999. The van der Waals surface area contributed by atoms with Gasteiger partial charge in [-0.05, 0) is 38.1 Å². The van der Waals surface area contributed by atoms with Gasteiger partial charge < -0.3 is 28.4 Å². The molecule has 2 atom stereocenters. The molecule has 0 saturated heterocycles. The molecule has 0 fully saturated rings. The highest BCUT2D eigenvalue weighted by Gasteiger charge is 2.23. The number of halogens is 2. The van der Waals surface area contributed by atoms with Gasteiger partial charge in [0.1, 0.15) is 25.6 Å². The van der Waals surface area contributed by atoms with Crippen molar-refractivity contribution in [2.24, 2.45) is 0 Å². The Morgan fingerprint density at radius 1 is 0.478 bits per heavy atom. The molecule has 0 saturated carbocycles. The second-order valence-electron chi connectivity index (χ2n) is 9.88. The van der Waals surface area contributed by atoms with Gasteiger partial charge in [-0.1, -0.05) is 35.4 Å². The van der Waals surface area contributed by atoms with Crippen molar-refractivity contribution >= 4 is 20.2 Å². The molecule has 46 heavy (non-hydrogen) atoms. The Kier molecular flexibility index (Phi) is 19.5. The predicted octanol–water partition coefficient (Wildman–Crippen LogP) is 3.19. The summed E-state index contributed by atoms with van der Waals surface area (Å²) in [5.74, 6) is 0. The molecule has 12 nitrogen and oxygen atoms in total. The van der Waals surface area contributed by atoms with E-state index in [1.807, 2.05) is 13.8 Å². The number of alkyl halides is 2. The maximum atomic E-state index is 13.2. The highest BCUT2D eigenvalue weighted by atomic mass is 32.2. The summed E-state index contributed by atoms with van der Waals surface area (Å²) in [6, 6.07) is 12.1. The highest BCUT2D eigenvalue weighted by Crippen LogP contribution is 2.17. The zero-order valence-corrected chi connectivity index (χ0v) is 27.8. The minimum Gasteiger partial charge on any atom is -0.377 e. The number of rotatable bonds is 27. The molecule has 0 amide bonds. The lowest BCUT2D eigenvalue weighted by atomic mass is 10.2. The molecule has 2 unspecified atom stereocenters. The first-order valence-electron chi connectivity index (χ1n) is 14.7. The Morgan fingerprint density at radius 2 is 0.739 bits per heavy atom. The largest absolute Gasteiger partial charge is 0.377 e. The van der Waals surface area contributed by atoms with Gasteiger partial charge >= 0.3 is 0 Å². The Balaban J connectivity index is 1.38. The van der Waals surface area contributed by atoms with Gasteiger partial charge in [0.15, 0.2) is 0 Å². The molecule has 0 aromatic heterocycles. The SMILES string of the molecule is Cc1ccc(S(=O)(=O)OC(CF)COCCOCCOCCOCCOCCOCC(CF)OS(=O)(=O)c2ccc(C)cc2)cc1. The lowest BCUT2D eigenvalue weighted by Crippen LogP contribution is -2.26. The van der Waals surface area contributed by atoms with Crippen LogP contribution >= 0.6 is 0 Å². The van der Waals surface area contributed by atoms with E-state index in [0.29, 0.717) is 39.6 Å². The average Bonchev–Trinajstić information content (AvgIpc) is 3.03. The summed E-state index contributed by atoms with van der Waals surface area (Å²) in [5.41, 5.74) is 1.77. The summed E-state index contributed by atoms with van der Waals surface area (Å²) < 4.78 is 117.